The zero-order valence-corrected chi connectivity index (χ0v) is 14.7. The van der Waals surface area contributed by atoms with Gasteiger partial charge < -0.3 is 24.9 Å². The van der Waals surface area contributed by atoms with Gasteiger partial charge in [-0.25, -0.2) is 4.79 Å². The summed E-state index contributed by atoms with van der Waals surface area (Å²) >= 11 is 6.12. The summed E-state index contributed by atoms with van der Waals surface area (Å²) in [5.41, 5.74) is 0.115. The summed E-state index contributed by atoms with van der Waals surface area (Å²) in [5.74, 6) is -1.63. The molecule has 0 radical (unpaired) electrons. The average molecular weight is 380 g/mol. The van der Waals surface area contributed by atoms with Crippen LogP contribution >= 0.6 is 11.6 Å². The van der Waals surface area contributed by atoms with Crippen LogP contribution in [0.5, 0.6) is 11.5 Å². The first-order valence-electron chi connectivity index (χ1n) is 8.06. The van der Waals surface area contributed by atoms with Crippen molar-refractivity contribution in [3.05, 3.63) is 46.5 Å². The van der Waals surface area contributed by atoms with Gasteiger partial charge in [0.25, 0.3) is 0 Å². The lowest BCUT2D eigenvalue weighted by Gasteiger charge is -2.17. The summed E-state index contributed by atoms with van der Waals surface area (Å²) in [5, 5.41) is 32.3. The summed E-state index contributed by atoms with van der Waals surface area (Å²) in [7, 11) is 0. The number of carbonyl (C=O) groups is 1. The summed E-state index contributed by atoms with van der Waals surface area (Å²) < 4.78 is 10.9. The van der Waals surface area contributed by atoms with Crippen molar-refractivity contribution in [2.24, 2.45) is 5.16 Å². The van der Waals surface area contributed by atoms with Crippen LogP contribution in [0, 0.1) is 0 Å². The molecule has 138 valence electrons. The Hall–Kier alpha value is -2.51. The van der Waals surface area contributed by atoms with Crippen LogP contribution in [0.15, 0.2) is 35.5 Å². The van der Waals surface area contributed by atoms with Gasteiger partial charge in [0.15, 0.2) is 0 Å². The van der Waals surface area contributed by atoms with Crippen molar-refractivity contribution in [1.29, 1.82) is 0 Å². The third-order valence-electron chi connectivity index (χ3n) is 4.21. The molecule has 1 fully saturated rings. The number of aromatic hydroxyl groups is 2. The molecule has 1 aromatic rings. The fourth-order valence-electron chi connectivity index (χ4n) is 2.86. The first-order valence-corrected chi connectivity index (χ1v) is 8.44. The first kappa shape index (κ1) is 18.3. The molecular formula is C18H18ClNO6. The maximum absolute atomic E-state index is 12.6. The van der Waals surface area contributed by atoms with Gasteiger partial charge in [-0.15, -0.1) is 0 Å². The molecule has 0 aromatic heterocycles. The molecule has 0 unspecified atom stereocenters. The highest BCUT2D eigenvalue weighted by molar-refractivity contribution is 6.33. The van der Waals surface area contributed by atoms with Crippen LogP contribution in [0.4, 0.5) is 0 Å². The van der Waals surface area contributed by atoms with E-state index in [4.69, 9.17) is 21.1 Å². The molecule has 2 heterocycles. The Morgan fingerprint density at radius 2 is 2.04 bits per heavy atom. The van der Waals surface area contributed by atoms with E-state index in [0.717, 1.165) is 6.07 Å². The number of cyclic esters (lactones) is 1. The number of carbonyl (C=O) groups excluding carboxylic acids is 1. The molecule has 3 rings (SSSR count). The van der Waals surface area contributed by atoms with Crippen LogP contribution in [0.25, 0.3) is 0 Å². The second kappa shape index (κ2) is 7.39. The van der Waals surface area contributed by atoms with Crippen LogP contribution in [-0.4, -0.2) is 45.4 Å². The van der Waals surface area contributed by atoms with Crippen molar-refractivity contribution >= 4 is 23.3 Å². The van der Waals surface area contributed by atoms with E-state index in [2.05, 4.69) is 5.16 Å². The monoisotopic (exact) mass is 379 g/mol. The minimum absolute atomic E-state index is 0.0483. The maximum Gasteiger partial charge on any atom is 0.342 e. The summed E-state index contributed by atoms with van der Waals surface area (Å²) in [6, 6.07) is 0.977. The number of oxime groups is 1. The zero-order chi connectivity index (χ0) is 18.8. The number of nitrogens with zero attached hydrogens (tertiary/aromatic N) is 1. The molecule has 8 heteroatoms. The standard InChI is InChI=1S/C18H18ClNO6/c1-9-6-15-14(26-15)5-3-2-4-10(20-24)7-11-16(18(23)25-9)12(21)8-13(22)17(11)19/h2-5,8-9,14-15,21-22,24H,6-7H2,1H3/b4-2+,5-3+,20-10+/t9-,14-,15+/m1/s1. The van der Waals surface area contributed by atoms with Gasteiger partial charge >= 0.3 is 5.97 Å². The van der Waals surface area contributed by atoms with Crippen molar-refractivity contribution in [3.8, 4) is 11.5 Å². The van der Waals surface area contributed by atoms with E-state index in [1.54, 1.807) is 19.1 Å². The Kier molecular flexibility index (Phi) is 5.20. The van der Waals surface area contributed by atoms with E-state index in [0.29, 0.717) is 6.42 Å². The van der Waals surface area contributed by atoms with E-state index in [9.17, 15) is 20.2 Å². The number of halogens is 1. The normalized spacial score (nSPS) is 29.8. The van der Waals surface area contributed by atoms with Gasteiger partial charge in [-0.2, -0.15) is 0 Å². The number of hydrogen-bond acceptors (Lipinski definition) is 7. The molecule has 3 N–H and O–H groups in total. The predicted molar refractivity (Wildman–Crippen MR) is 94.1 cm³/mol. The minimum atomic E-state index is -0.780. The lowest BCUT2D eigenvalue weighted by atomic mass is 9.99. The van der Waals surface area contributed by atoms with E-state index < -0.39 is 17.8 Å². The SMILES string of the molecule is C[C@@H]1C[C@@H]2O[C@@H]2/C=C/C=C/C(=N\O)Cc2c(Cl)c(O)cc(O)c2C(=O)O1. The quantitative estimate of drug-likeness (QED) is 0.276. The lowest BCUT2D eigenvalue weighted by Crippen LogP contribution is -2.19. The highest BCUT2D eigenvalue weighted by Crippen LogP contribution is 2.37. The molecule has 2 aliphatic rings. The number of benzene rings is 1. The summed E-state index contributed by atoms with van der Waals surface area (Å²) in [6.45, 7) is 1.73. The second-order valence-corrected chi connectivity index (χ2v) is 6.56. The summed E-state index contributed by atoms with van der Waals surface area (Å²) in [4.78, 5) is 12.6. The number of ether oxygens (including phenoxy) is 2. The number of epoxide rings is 1. The van der Waals surface area contributed by atoms with Crippen LogP contribution in [0.3, 0.4) is 0 Å². The topological polar surface area (TPSA) is 112 Å². The Balaban J connectivity index is 2.05. The third kappa shape index (κ3) is 3.84. The molecule has 2 aliphatic heterocycles. The Bertz CT molecular complexity index is 816. The number of allylic oxidation sites excluding steroid dienone is 3. The molecule has 0 saturated carbocycles. The van der Waals surface area contributed by atoms with Gasteiger partial charge in [0, 0.05) is 18.9 Å². The predicted octanol–water partition coefficient (Wildman–Crippen LogP) is 2.95. The molecule has 0 aliphatic carbocycles. The zero-order valence-electron chi connectivity index (χ0n) is 13.9. The average Bonchev–Trinajstić information content (AvgIpc) is 3.31. The number of rotatable bonds is 0. The first-order chi connectivity index (χ1) is 12.4. The van der Waals surface area contributed by atoms with Gasteiger partial charge in [0.2, 0.25) is 0 Å². The number of phenolic OH excluding ortho intramolecular Hbond substituents is 2. The lowest BCUT2D eigenvalue weighted by molar-refractivity contribution is 0.0306. The van der Waals surface area contributed by atoms with Crippen molar-refractivity contribution in [1.82, 2.24) is 0 Å². The molecule has 0 bridgehead atoms. The molecule has 26 heavy (non-hydrogen) atoms. The smallest absolute Gasteiger partial charge is 0.342 e. The highest BCUT2D eigenvalue weighted by Gasteiger charge is 2.38. The van der Waals surface area contributed by atoms with Gasteiger partial charge in [-0.1, -0.05) is 35.0 Å². The fourth-order valence-corrected chi connectivity index (χ4v) is 3.07. The molecule has 1 saturated heterocycles. The summed E-state index contributed by atoms with van der Waals surface area (Å²) in [6.07, 6.45) is 6.68. The molecule has 0 amide bonds. The Morgan fingerprint density at radius 3 is 2.77 bits per heavy atom. The van der Waals surface area contributed by atoms with Gasteiger partial charge in [-0.05, 0) is 18.6 Å². The van der Waals surface area contributed by atoms with Gasteiger partial charge in [-0.3, -0.25) is 0 Å². The van der Waals surface area contributed by atoms with Crippen LogP contribution in [0.2, 0.25) is 5.02 Å². The van der Waals surface area contributed by atoms with Crippen LogP contribution in [0.1, 0.15) is 29.3 Å². The second-order valence-electron chi connectivity index (χ2n) is 6.19. The number of esters is 1. The number of hydrogen-bond donors (Lipinski definition) is 3. The van der Waals surface area contributed by atoms with Crippen LogP contribution < -0.4 is 0 Å². The largest absolute Gasteiger partial charge is 0.507 e. The van der Waals surface area contributed by atoms with Crippen molar-refractivity contribution in [2.75, 3.05) is 0 Å². The molecule has 7 nitrogen and oxygen atoms in total. The Labute approximate surface area is 154 Å². The minimum Gasteiger partial charge on any atom is -0.507 e. The van der Waals surface area contributed by atoms with Crippen LogP contribution in [-0.2, 0) is 15.9 Å². The maximum atomic E-state index is 12.6. The van der Waals surface area contributed by atoms with Crippen molar-refractivity contribution in [3.63, 3.8) is 0 Å². The number of fused-ring (bicyclic) bond motifs is 2. The van der Waals surface area contributed by atoms with E-state index >= 15 is 0 Å². The van der Waals surface area contributed by atoms with E-state index in [1.165, 1.54) is 6.08 Å². The molecule has 3 atom stereocenters. The fraction of sp³-hybridized carbons (Fsp3) is 0.333. The van der Waals surface area contributed by atoms with E-state index in [1.807, 2.05) is 6.08 Å². The Morgan fingerprint density at radius 1 is 1.27 bits per heavy atom. The highest BCUT2D eigenvalue weighted by atomic mass is 35.5. The van der Waals surface area contributed by atoms with Crippen molar-refractivity contribution in [2.45, 2.75) is 38.1 Å². The number of phenols is 2. The third-order valence-corrected chi connectivity index (χ3v) is 4.63. The molecule has 1 aromatic carbocycles. The molecular weight excluding hydrogens is 362 g/mol. The van der Waals surface area contributed by atoms with Gasteiger partial charge in [0.1, 0.15) is 29.3 Å². The van der Waals surface area contributed by atoms with Gasteiger partial charge in [0.05, 0.1) is 16.8 Å². The van der Waals surface area contributed by atoms with Crippen molar-refractivity contribution < 1.29 is 29.7 Å². The molecule has 0 spiro atoms. The van der Waals surface area contributed by atoms with E-state index in [-0.39, 0.29) is 46.2 Å².